The van der Waals surface area contributed by atoms with Crippen LogP contribution in [-0.2, 0) is 11.3 Å². The molecule has 1 aliphatic carbocycles. The van der Waals surface area contributed by atoms with E-state index in [2.05, 4.69) is 20.9 Å². The van der Waals surface area contributed by atoms with Crippen molar-refractivity contribution in [2.24, 2.45) is 5.92 Å². The summed E-state index contributed by atoms with van der Waals surface area (Å²) < 4.78 is 0. The number of urea groups is 1. The molecule has 0 atom stereocenters. The Morgan fingerprint density at radius 2 is 1.83 bits per heavy atom. The Morgan fingerprint density at radius 1 is 1.04 bits per heavy atom. The largest absolute Gasteiger partial charge is 0.332 e. The fraction of sp³-hybridized carbons (Fsp3) is 0.235. The predicted molar refractivity (Wildman–Crippen MR) is 87.9 cm³/mol. The van der Waals surface area contributed by atoms with E-state index in [9.17, 15) is 9.59 Å². The first-order valence-corrected chi connectivity index (χ1v) is 7.56. The molecule has 3 amide bonds. The summed E-state index contributed by atoms with van der Waals surface area (Å²) in [6, 6.07) is 12.3. The number of nitrogens with zero attached hydrogens (tertiary/aromatic N) is 1. The number of nitrogens with one attached hydrogen (secondary N) is 3. The lowest BCUT2D eigenvalue weighted by Gasteiger charge is -2.09. The number of carbonyl (C=O) groups excluding carboxylic acids is 2. The minimum atomic E-state index is -0.318. The van der Waals surface area contributed by atoms with Gasteiger partial charge in [-0.15, -0.1) is 0 Å². The topological polar surface area (TPSA) is 83.1 Å². The minimum absolute atomic E-state index is 0.0433. The van der Waals surface area contributed by atoms with Gasteiger partial charge in [0, 0.05) is 23.5 Å². The molecule has 1 aliphatic rings. The molecule has 0 unspecified atom stereocenters. The van der Waals surface area contributed by atoms with E-state index in [0.29, 0.717) is 17.9 Å². The summed E-state index contributed by atoms with van der Waals surface area (Å²) >= 11 is 0. The van der Waals surface area contributed by atoms with Crippen molar-refractivity contribution in [3.63, 3.8) is 0 Å². The van der Waals surface area contributed by atoms with Crippen LogP contribution in [-0.4, -0.2) is 16.9 Å². The van der Waals surface area contributed by atoms with Crippen molar-refractivity contribution >= 4 is 23.3 Å². The van der Waals surface area contributed by atoms with Gasteiger partial charge in [0.05, 0.1) is 12.2 Å². The molecule has 0 spiro atoms. The molecule has 1 fully saturated rings. The van der Waals surface area contributed by atoms with E-state index in [1.54, 1.807) is 30.5 Å². The van der Waals surface area contributed by atoms with Crippen molar-refractivity contribution in [1.82, 2.24) is 10.3 Å². The number of benzene rings is 1. The van der Waals surface area contributed by atoms with Gasteiger partial charge in [-0.1, -0.05) is 12.1 Å². The predicted octanol–water partition coefficient (Wildman–Crippen LogP) is 2.75. The minimum Gasteiger partial charge on any atom is -0.332 e. The lowest BCUT2D eigenvalue weighted by molar-refractivity contribution is -0.117. The van der Waals surface area contributed by atoms with Crippen LogP contribution in [0.5, 0.6) is 0 Å². The smallest absolute Gasteiger partial charge is 0.319 e. The average Bonchev–Trinajstić information content (AvgIpc) is 3.39. The number of amides is 3. The van der Waals surface area contributed by atoms with E-state index in [1.807, 2.05) is 18.2 Å². The second kappa shape index (κ2) is 6.91. The molecule has 0 bridgehead atoms. The molecule has 23 heavy (non-hydrogen) atoms. The van der Waals surface area contributed by atoms with Crippen LogP contribution in [0.25, 0.3) is 0 Å². The second-order valence-electron chi connectivity index (χ2n) is 5.47. The highest BCUT2D eigenvalue weighted by molar-refractivity contribution is 5.95. The van der Waals surface area contributed by atoms with Gasteiger partial charge in [0.25, 0.3) is 0 Å². The van der Waals surface area contributed by atoms with Gasteiger partial charge in [0.2, 0.25) is 5.91 Å². The third-order valence-electron chi connectivity index (χ3n) is 3.49. The third-order valence-corrected chi connectivity index (χ3v) is 3.49. The molecular weight excluding hydrogens is 292 g/mol. The number of aromatic nitrogens is 1. The number of anilines is 2. The van der Waals surface area contributed by atoms with Crippen LogP contribution >= 0.6 is 0 Å². The Kier molecular flexibility index (Phi) is 4.52. The maximum atomic E-state index is 11.9. The van der Waals surface area contributed by atoms with Crippen LogP contribution in [0.3, 0.4) is 0 Å². The van der Waals surface area contributed by atoms with Crippen LogP contribution < -0.4 is 16.0 Å². The lowest BCUT2D eigenvalue weighted by Crippen LogP contribution is -2.28. The van der Waals surface area contributed by atoms with Gasteiger partial charge in [0.15, 0.2) is 0 Å². The zero-order valence-corrected chi connectivity index (χ0v) is 12.6. The summed E-state index contributed by atoms with van der Waals surface area (Å²) in [5.41, 5.74) is 2.09. The average molecular weight is 310 g/mol. The molecule has 1 aromatic carbocycles. The van der Waals surface area contributed by atoms with E-state index in [1.165, 1.54) is 0 Å². The van der Waals surface area contributed by atoms with Gasteiger partial charge in [-0.05, 0) is 43.2 Å². The van der Waals surface area contributed by atoms with Crippen LogP contribution in [0.4, 0.5) is 16.2 Å². The number of carbonyl (C=O) groups is 2. The molecule has 0 aliphatic heterocycles. The summed E-state index contributed by atoms with van der Waals surface area (Å²) in [4.78, 5) is 27.8. The number of hydrogen-bond acceptors (Lipinski definition) is 3. The highest BCUT2D eigenvalue weighted by Gasteiger charge is 2.29. The normalized spacial score (nSPS) is 13.2. The van der Waals surface area contributed by atoms with Gasteiger partial charge < -0.3 is 16.0 Å². The number of pyridine rings is 1. The Bertz CT molecular complexity index is 699. The maximum absolute atomic E-state index is 11.9. The Hall–Kier alpha value is -2.89. The third kappa shape index (κ3) is 4.54. The van der Waals surface area contributed by atoms with Crippen molar-refractivity contribution in [1.29, 1.82) is 0 Å². The number of hydrogen-bond donors (Lipinski definition) is 3. The van der Waals surface area contributed by atoms with Crippen LogP contribution in [0.2, 0.25) is 0 Å². The summed E-state index contributed by atoms with van der Waals surface area (Å²) in [6.07, 6.45) is 3.60. The first-order valence-electron chi connectivity index (χ1n) is 7.56. The molecule has 1 saturated carbocycles. The molecule has 0 radical (unpaired) electrons. The van der Waals surface area contributed by atoms with Crippen molar-refractivity contribution in [3.8, 4) is 0 Å². The summed E-state index contributed by atoms with van der Waals surface area (Å²) in [5, 5.41) is 8.33. The standard InChI is InChI=1S/C17H18N4O2/c22-16(12-7-8-12)20-13-5-3-6-14(10-13)21-17(23)19-11-15-4-1-2-9-18-15/h1-6,9-10,12H,7-8,11H2,(H,20,22)(H2,19,21,23). The second-order valence-corrected chi connectivity index (χ2v) is 5.47. The first kappa shape index (κ1) is 15.0. The molecule has 2 aromatic rings. The van der Waals surface area contributed by atoms with Gasteiger partial charge in [-0.3, -0.25) is 9.78 Å². The van der Waals surface area contributed by atoms with Crippen molar-refractivity contribution < 1.29 is 9.59 Å². The molecular formula is C17H18N4O2. The molecule has 3 rings (SSSR count). The monoisotopic (exact) mass is 310 g/mol. The zero-order valence-electron chi connectivity index (χ0n) is 12.6. The molecule has 3 N–H and O–H groups in total. The molecule has 0 saturated heterocycles. The number of rotatable bonds is 5. The first-order chi connectivity index (χ1) is 11.2. The zero-order chi connectivity index (χ0) is 16.1. The fourth-order valence-corrected chi connectivity index (χ4v) is 2.11. The van der Waals surface area contributed by atoms with E-state index in [-0.39, 0.29) is 17.9 Å². The molecule has 1 aromatic heterocycles. The Balaban J connectivity index is 1.52. The SMILES string of the molecule is O=C(NCc1ccccn1)Nc1cccc(NC(=O)C2CC2)c1. The molecule has 6 heteroatoms. The Labute approximate surface area is 134 Å². The van der Waals surface area contributed by atoms with E-state index in [0.717, 1.165) is 18.5 Å². The van der Waals surface area contributed by atoms with Gasteiger partial charge in [-0.2, -0.15) is 0 Å². The highest BCUT2D eigenvalue weighted by atomic mass is 16.2. The van der Waals surface area contributed by atoms with Crippen LogP contribution in [0.1, 0.15) is 18.5 Å². The summed E-state index contributed by atoms with van der Waals surface area (Å²) in [5.74, 6) is 0.190. The quantitative estimate of drug-likeness (QED) is 0.794. The highest BCUT2D eigenvalue weighted by Crippen LogP contribution is 2.30. The molecule has 1 heterocycles. The van der Waals surface area contributed by atoms with Gasteiger partial charge in [-0.25, -0.2) is 4.79 Å². The summed E-state index contributed by atoms with van der Waals surface area (Å²) in [7, 11) is 0. The molecule has 118 valence electrons. The lowest BCUT2D eigenvalue weighted by atomic mass is 10.2. The van der Waals surface area contributed by atoms with Crippen molar-refractivity contribution in [2.45, 2.75) is 19.4 Å². The van der Waals surface area contributed by atoms with E-state index in [4.69, 9.17) is 0 Å². The van der Waals surface area contributed by atoms with Crippen LogP contribution in [0.15, 0.2) is 48.7 Å². The van der Waals surface area contributed by atoms with E-state index < -0.39 is 0 Å². The molecule has 6 nitrogen and oxygen atoms in total. The fourth-order valence-electron chi connectivity index (χ4n) is 2.11. The summed E-state index contributed by atoms with van der Waals surface area (Å²) in [6.45, 7) is 0.352. The Morgan fingerprint density at radius 3 is 2.52 bits per heavy atom. The maximum Gasteiger partial charge on any atom is 0.319 e. The van der Waals surface area contributed by atoms with E-state index >= 15 is 0 Å². The van der Waals surface area contributed by atoms with Crippen molar-refractivity contribution in [3.05, 3.63) is 54.4 Å². The van der Waals surface area contributed by atoms with Gasteiger partial charge in [0.1, 0.15) is 0 Å². The van der Waals surface area contributed by atoms with Gasteiger partial charge >= 0.3 is 6.03 Å². The van der Waals surface area contributed by atoms with Crippen molar-refractivity contribution in [2.75, 3.05) is 10.6 Å². The van der Waals surface area contributed by atoms with Crippen LogP contribution in [0, 0.1) is 5.92 Å².